The molecule has 7 nitrogen and oxygen atoms in total. The third-order valence-corrected chi connectivity index (χ3v) is 5.34. The highest BCUT2D eigenvalue weighted by atomic mass is 16.7. The normalized spacial score (nSPS) is 33.5. The number of carbonyl (C=O) groups is 2. The molecule has 3 heterocycles. The zero-order chi connectivity index (χ0) is 19.9. The van der Waals surface area contributed by atoms with Gasteiger partial charge in [0.05, 0.1) is 5.56 Å². The van der Waals surface area contributed by atoms with Gasteiger partial charge >= 0.3 is 5.97 Å². The maximum atomic E-state index is 12.7. The molecule has 2 fully saturated rings. The zero-order valence-electron chi connectivity index (χ0n) is 15.4. The molecule has 3 aliphatic rings. The number of fused-ring (bicyclic) bond motifs is 1. The van der Waals surface area contributed by atoms with E-state index in [4.69, 9.17) is 20.6 Å². The Morgan fingerprint density at radius 1 is 1.46 bits per heavy atom. The minimum atomic E-state index is -1.33. The smallest absolute Gasteiger partial charge is 0.338 e. The second-order valence-electron chi connectivity index (χ2n) is 6.83. The Morgan fingerprint density at radius 3 is 2.79 bits per heavy atom. The molecule has 1 N–H and O–H groups in total. The van der Waals surface area contributed by atoms with Crippen LogP contribution in [-0.4, -0.2) is 46.9 Å². The van der Waals surface area contributed by atoms with E-state index in [1.807, 2.05) is 13.0 Å². The first-order chi connectivity index (χ1) is 13.5. The van der Waals surface area contributed by atoms with Crippen LogP contribution in [0.25, 0.3) is 0 Å². The molecule has 0 saturated carbocycles. The molecule has 144 valence electrons. The summed E-state index contributed by atoms with van der Waals surface area (Å²) in [6.45, 7) is 5.95. The number of nitrogens with one attached hydrogen (secondary N) is 1. The van der Waals surface area contributed by atoms with Gasteiger partial charge in [-0.15, -0.1) is 6.42 Å². The van der Waals surface area contributed by atoms with Gasteiger partial charge in [-0.1, -0.05) is 37.6 Å². The second kappa shape index (κ2) is 6.51. The van der Waals surface area contributed by atoms with Gasteiger partial charge in [-0.2, -0.15) is 0 Å². The van der Waals surface area contributed by atoms with Gasteiger partial charge in [0.1, 0.15) is 18.5 Å². The predicted octanol–water partition coefficient (Wildman–Crippen LogP) is 1.54. The van der Waals surface area contributed by atoms with E-state index >= 15 is 0 Å². The zero-order valence-corrected chi connectivity index (χ0v) is 15.4. The third kappa shape index (κ3) is 2.39. The monoisotopic (exact) mass is 380 g/mol. The van der Waals surface area contributed by atoms with Crippen molar-refractivity contribution in [1.29, 1.82) is 0 Å². The van der Waals surface area contributed by atoms with Crippen LogP contribution in [0.2, 0.25) is 0 Å². The summed E-state index contributed by atoms with van der Waals surface area (Å²) in [7, 11) is 0. The number of hydrogen-bond donors (Lipinski definition) is 1. The lowest BCUT2D eigenvalue weighted by molar-refractivity contribution is -0.313. The minimum absolute atomic E-state index is 0.145. The van der Waals surface area contributed by atoms with E-state index in [0.717, 1.165) is 0 Å². The molecule has 0 spiro atoms. The number of rotatable bonds is 4. The van der Waals surface area contributed by atoms with Crippen LogP contribution in [0.15, 0.2) is 55.0 Å². The predicted molar refractivity (Wildman–Crippen MR) is 99.3 cm³/mol. The van der Waals surface area contributed by atoms with Crippen LogP contribution in [0.1, 0.15) is 23.7 Å². The molecule has 0 bridgehead atoms. The Hall–Kier alpha value is -3.08. The van der Waals surface area contributed by atoms with Crippen molar-refractivity contribution in [3.05, 3.63) is 60.6 Å². The molecule has 7 heteroatoms. The van der Waals surface area contributed by atoms with Gasteiger partial charge < -0.3 is 24.4 Å². The van der Waals surface area contributed by atoms with Gasteiger partial charge in [-0.3, -0.25) is 4.79 Å². The molecule has 1 unspecified atom stereocenters. The SMILES string of the molecule is C#C[C@@]12OC[C@@]1(N1C=CC(=O)NC1=C)O[C@H](CC)C2OC(=O)c1ccccc1. The van der Waals surface area contributed by atoms with Gasteiger partial charge in [0.2, 0.25) is 11.3 Å². The molecule has 1 aromatic carbocycles. The summed E-state index contributed by atoms with van der Waals surface area (Å²) in [5.41, 5.74) is -2.03. The molecule has 2 saturated heterocycles. The van der Waals surface area contributed by atoms with Crippen molar-refractivity contribution >= 4 is 11.9 Å². The Balaban J connectivity index is 1.69. The Kier molecular flexibility index (Phi) is 4.26. The number of ether oxygens (including phenoxy) is 3. The fraction of sp³-hybridized carbons (Fsp3) is 0.333. The van der Waals surface area contributed by atoms with Gasteiger partial charge in [0.25, 0.3) is 5.91 Å². The highest BCUT2D eigenvalue weighted by Gasteiger charge is 2.77. The molecular weight excluding hydrogens is 360 g/mol. The van der Waals surface area contributed by atoms with Crippen LogP contribution in [0, 0.1) is 12.3 Å². The van der Waals surface area contributed by atoms with Crippen LogP contribution >= 0.6 is 0 Å². The molecule has 3 aliphatic heterocycles. The molecule has 0 aromatic heterocycles. The highest BCUT2D eigenvalue weighted by Crippen LogP contribution is 2.55. The van der Waals surface area contributed by atoms with Crippen molar-refractivity contribution in [3.63, 3.8) is 0 Å². The lowest BCUT2D eigenvalue weighted by Crippen LogP contribution is -2.76. The van der Waals surface area contributed by atoms with Crippen LogP contribution < -0.4 is 5.32 Å². The van der Waals surface area contributed by atoms with E-state index in [0.29, 0.717) is 17.8 Å². The van der Waals surface area contributed by atoms with Crippen molar-refractivity contribution in [1.82, 2.24) is 10.2 Å². The number of esters is 1. The van der Waals surface area contributed by atoms with Crippen molar-refractivity contribution in [2.24, 2.45) is 0 Å². The molecule has 4 atom stereocenters. The topological polar surface area (TPSA) is 77.1 Å². The lowest BCUT2D eigenvalue weighted by Gasteiger charge is -2.56. The van der Waals surface area contributed by atoms with Crippen LogP contribution in [0.4, 0.5) is 0 Å². The number of nitrogens with zero attached hydrogens (tertiary/aromatic N) is 1. The highest BCUT2D eigenvalue weighted by molar-refractivity contribution is 5.90. The largest absolute Gasteiger partial charge is 0.452 e. The summed E-state index contributed by atoms with van der Waals surface area (Å²) >= 11 is 0. The average molecular weight is 380 g/mol. The number of hydrogen-bond acceptors (Lipinski definition) is 6. The maximum absolute atomic E-state index is 12.7. The Morgan fingerprint density at radius 2 is 2.21 bits per heavy atom. The summed E-state index contributed by atoms with van der Waals surface area (Å²) < 4.78 is 17.9. The molecule has 1 amide bonds. The van der Waals surface area contributed by atoms with Crippen molar-refractivity contribution in [2.75, 3.05) is 6.61 Å². The van der Waals surface area contributed by atoms with E-state index in [1.54, 1.807) is 35.4 Å². The van der Waals surface area contributed by atoms with Crippen LogP contribution in [0.3, 0.4) is 0 Å². The minimum Gasteiger partial charge on any atom is -0.452 e. The molecule has 4 rings (SSSR count). The maximum Gasteiger partial charge on any atom is 0.338 e. The third-order valence-electron chi connectivity index (χ3n) is 5.34. The van der Waals surface area contributed by atoms with Gasteiger partial charge in [-0.05, 0) is 18.6 Å². The number of benzene rings is 1. The number of terminal acetylenes is 1. The molecule has 1 aromatic rings. The first-order valence-corrected chi connectivity index (χ1v) is 9.00. The molecule has 0 radical (unpaired) electrons. The first-order valence-electron chi connectivity index (χ1n) is 9.00. The van der Waals surface area contributed by atoms with E-state index in [-0.39, 0.29) is 12.5 Å². The molecular formula is C21H20N2O5. The summed E-state index contributed by atoms with van der Waals surface area (Å²) in [6, 6.07) is 8.66. The van der Waals surface area contributed by atoms with Crippen molar-refractivity contribution < 1.29 is 23.8 Å². The Labute approximate surface area is 162 Å². The van der Waals surface area contributed by atoms with Crippen LogP contribution in [0.5, 0.6) is 0 Å². The fourth-order valence-corrected chi connectivity index (χ4v) is 3.92. The average Bonchev–Trinajstić information content (AvgIpc) is 2.86. The Bertz CT molecular complexity index is 905. The summed E-state index contributed by atoms with van der Waals surface area (Å²) in [4.78, 5) is 25.9. The summed E-state index contributed by atoms with van der Waals surface area (Å²) in [6.07, 6.45) is 8.05. The van der Waals surface area contributed by atoms with E-state index in [2.05, 4.69) is 17.8 Å². The second-order valence-corrected chi connectivity index (χ2v) is 6.83. The van der Waals surface area contributed by atoms with Crippen molar-refractivity contribution in [2.45, 2.75) is 36.9 Å². The lowest BCUT2D eigenvalue weighted by atomic mass is 9.80. The van der Waals surface area contributed by atoms with Gasteiger partial charge in [0, 0.05) is 12.3 Å². The van der Waals surface area contributed by atoms with E-state index in [1.165, 1.54) is 6.08 Å². The van der Waals surface area contributed by atoms with Gasteiger partial charge in [-0.25, -0.2) is 4.79 Å². The quantitative estimate of drug-likeness (QED) is 0.631. The fourth-order valence-electron chi connectivity index (χ4n) is 3.92. The molecule has 28 heavy (non-hydrogen) atoms. The van der Waals surface area contributed by atoms with Crippen molar-refractivity contribution in [3.8, 4) is 12.3 Å². The van der Waals surface area contributed by atoms with E-state index < -0.39 is 29.5 Å². The summed E-state index contributed by atoms with van der Waals surface area (Å²) in [5.74, 6) is 2.19. The van der Waals surface area contributed by atoms with Gasteiger partial charge in [0.15, 0.2) is 6.10 Å². The van der Waals surface area contributed by atoms with E-state index in [9.17, 15) is 9.59 Å². The first kappa shape index (κ1) is 18.3. The molecule has 0 aliphatic carbocycles. The summed E-state index contributed by atoms with van der Waals surface area (Å²) in [5, 5.41) is 2.64. The number of amides is 1. The standard InChI is InChI=1S/C21H20N2O5/c1-4-16-18(27-19(25)15-9-7-6-8-10-15)20(5-2)21(28-16,13-26-20)23-12-11-17(24)22-14(23)3/h2,6-12,16,18H,3-4,13H2,1H3,(H,22,24)/t16-,18?,20+,21-/m1/s1. The van der Waals surface area contributed by atoms with Crippen LogP contribution in [-0.2, 0) is 19.0 Å². The number of carbonyl (C=O) groups excluding carboxylic acids is 2.